The maximum absolute atomic E-state index is 11.9. The van der Waals surface area contributed by atoms with Crippen molar-refractivity contribution in [2.45, 2.75) is 13.1 Å². The molecule has 0 unspecified atom stereocenters. The van der Waals surface area contributed by atoms with Crippen molar-refractivity contribution in [3.63, 3.8) is 0 Å². The summed E-state index contributed by atoms with van der Waals surface area (Å²) in [5, 5.41) is 6.46. The molecule has 9 heteroatoms. The minimum Gasteiger partial charge on any atom is -0.496 e. The summed E-state index contributed by atoms with van der Waals surface area (Å²) >= 11 is 0. The average molecular weight is 529 g/mol. The number of methoxy groups -OCH3 is 4. The maximum atomic E-state index is 11.9. The van der Waals surface area contributed by atoms with Gasteiger partial charge in [-0.25, -0.2) is 4.79 Å². The van der Waals surface area contributed by atoms with E-state index in [2.05, 4.69) is 15.6 Å². The molecule has 0 aliphatic heterocycles. The number of hydrogen-bond acceptors (Lipinski definition) is 6. The lowest BCUT2D eigenvalue weighted by atomic mass is 10.1. The first-order chi connectivity index (χ1) is 14.1. The van der Waals surface area contributed by atoms with Crippen molar-refractivity contribution in [1.29, 1.82) is 0 Å². The number of aliphatic imine (C=N–C) groups is 1. The molecule has 0 saturated carbocycles. The van der Waals surface area contributed by atoms with Gasteiger partial charge in [-0.1, -0.05) is 12.1 Å². The van der Waals surface area contributed by atoms with Crippen molar-refractivity contribution >= 4 is 35.9 Å². The lowest BCUT2D eigenvalue weighted by molar-refractivity contribution is 0.0597. The number of carbonyl (C=O) groups is 1. The molecular weight excluding hydrogens is 501 g/mol. The summed E-state index contributed by atoms with van der Waals surface area (Å²) in [7, 11) is 7.75. The van der Waals surface area contributed by atoms with E-state index < -0.39 is 5.97 Å². The molecule has 0 spiro atoms. The van der Waals surface area contributed by atoms with Gasteiger partial charge in [0.25, 0.3) is 0 Å². The Bertz CT molecular complexity index is 874. The second kappa shape index (κ2) is 12.8. The van der Waals surface area contributed by atoms with Gasteiger partial charge in [0.15, 0.2) is 17.5 Å². The van der Waals surface area contributed by atoms with Crippen LogP contribution in [0.1, 0.15) is 21.5 Å². The Kier molecular flexibility index (Phi) is 10.8. The van der Waals surface area contributed by atoms with Crippen LogP contribution in [0.5, 0.6) is 17.2 Å². The van der Waals surface area contributed by atoms with Crippen molar-refractivity contribution < 1.29 is 23.7 Å². The lowest BCUT2D eigenvalue weighted by Crippen LogP contribution is -2.36. The summed E-state index contributed by atoms with van der Waals surface area (Å²) in [6.07, 6.45) is 0. The quantitative estimate of drug-likeness (QED) is 0.235. The van der Waals surface area contributed by atoms with Gasteiger partial charge in [-0.05, 0) is 35.4 Å². The molecule has 0 fully saturated rings. The first kappa shape index (κ1) is 25.3. The molecule has 0 atom stereocenters. The van der Waals surface area contributed by atoms with Crippen LogP contribution < -0.4 is 24.8 Å². The number of benzene rings is 2. The van der Waals surface area contributed by atoms with Gasteiger partial charge in [0, 0.05) is 20.1 Å². The number of nitrogens with one attached hydrogen (secondary N) is 2. The summed E-state index contributed by atoms with van der Waals surface area (Å²) in [5.74, 6) is 1.99. The molecule has 0 aromatic heterocycles. The maximum Gasteiger partial charge on any atom is 0.341 e. The van der Waals surface area contributed by atoms with Crippen LogP contribution in [0.3, 0.4) is 0 Å². The highest BCUT2D eigenvalue weighted by Gasteiger charge is 2.13. The molecule has 0 aliphatic rings. The molecule has 0 bridgehead atoms. The third-order valence-corrected chi connectivity index (χ3v) is 4.26. The third-order valence-electron chi connectivity index (χ3n) is 4.26. The minimum atomic E-state index is -0.445. The molecule has 0 aliphatic carbocycles. The van der Waals surface area contributed by atoms with Gasteiger partial charge in [-0.2, -0.15) is 0 Å². The molecule has 2 rings (SSSR count). The van der Waals surface area contributed by atoms with Crippen molar-refractivity contribution in [1.82, 2.24) is 10.6 Å². The van der Waals surface area contributed by atoms with Crippen LogP contribution in [0.15, 0.2) is 41.4 Å². The molecule has 0 saturated heterocycles. The number of nitrogens with zero attached hydrogens (tertiary/aromatic N) is 1. The van der Waals surface area contributed by atoms with E-state index in [9.17, 15) is 4.79 Å². The zero-order chi connectivity index (χ0) is 21.2. The number of rotatable bonds is 8. The zero-order valence-electron chi connectivity index (χ0n) is 17.8. The molecular formula is C21H28IN3O5. The van der Waals surface area contributed by atoms with Crippen molar-refractivity contribution in [2.75, 3.05) is 35.5 Å². The molecule has 2 aromatic rings. The Balaban J connectivity index is 0.00000450. The highest BCUT2D eigenvalue weighted by molar-refractivity contribution is 14.0. The lowest BCUT2D eigenvalue weighted by Gasteiger charge is -2.14. The van der Waals surface area contributed by atoms with Gasteiger partial charge in [-0.3, -0.25) is 4.99 Å². The monoisotopic (exact) mass is 529 g/mol. The van der Waals surface area contributed by atoms with Crippen LogP contribution in [0.2, 0.25) is 0 Å². The third kappa shape index (κ3) is 6.68. The normalized spacial score (nSPS) is 10.5. The fourth-order valence-corrected chi connectivity index (χ4v) is 2.72. The van der Waals surface area contributed by atoms with Crippen LogP contribution in [-0.4, -0.2) is 47.4 Å². The van der Waals surface area contributed by atoms with Crippen molar-refractivity contribution in [3.05, 3.63) is 53.1 Å². The number of guanidine groups is 1. The predicted molar refractivity (Wildman–Crippen MR) is 126 cm³/mol. The summed E-state index contributed by atoms with van der Waals surface area (Å²) in [4.78, 5) is 16.1. The minimum absolute atomic E-state index is 0. The average Bonchev–Trinajstić information content (AvgIpc) is 2.78. The fourth-order valence-electron chi connectivity index (χ4n) is 2.72. The van der Waals surface area contributed by atoms with E-state index in [1.54, 1.807) is 33.4 Å². The van der Waals surface area contributed by atoms with Crippen molar-refractivity contribution in [2.24, 2.45) is 4.99 Å². The van der Waals surface area contributed by atoms with Crippen LogP contribution in [0.25, 0.3) is 0 Å². The number of hydrogen-bond donors (Lipinski definition) is 2. The Morgan fingerprint density at radius 1 is 0.833 bits per heavy atom. The van der Waals surface area contributed by atoms with Gasteiger partial charge in [-0.15, -0.1) is 24.0 Å². The second-order valence-corrected chi connectivity index (χ2v) is 5.99. The second-order valence-electron chi connectivity index (χ2n) is 5.99. The smallest absolute Gasteiger partial charge is 0.341 e. The summed E-state index contributed by atoms with van der Waals surface area (Å²) in [6, 6.07) is 11.1. The Hall–Kier alpha value is -2.69. The molecule has 8 nitrogen and oxygen atoms in total. The Morgan fingerprint density at radius 2 is 1.37 bits per heavy atom. The summed E-state index contributed by atoms with van der Waals surface area (Å²) in [5.41, 5.74) is 2.28. The van der Waals surface area contributed by atoms with Crippen LogP contribution in [0.4, 0.5) is 0 Å². The summed E-state index contributed by atoms with van der Waals surface area (Å²) in [6.45, 7) is 1.02. The Morgan fingerprint density at radius 3 is 1.87 bits per heavy atom. The fraction of sp³-hybridized carbons (Fsp3) is 0.333. The number of esters is 1. The molecule has 0 amide bonds. The van der Waals surface area contributed by atoms with Gasteiger partial charge in [0.05, 0.1) is 28.4 Å². The number of ether oxygens (including phenoxy) is 4. The van der Waals surface area contributed by atoms with Gasteiger partial charge in [0.2, 0.25) is 0 Å². The molecule has 0 heterocycles. The van der Waals surface area contributed by atoms with Crippen LogP contribution in [0, 0.1) is 0 Å². The van der Waals surface area contributed by atoms with Crippen molar-refractivity contribution in [3.8, 4) is 17.2 Å². The molecule has 30 heavy (non-hydrogen) atoms. The van der Waals surface area contributed by atoms with E-state index in [1.165, 1.54) is 14.2 Å². The van der Waals surface area contributed by atoms with E-state index in [0.717, 1.165) is 11.1 Å². The van der Waals surface area contributed by atoms with E-state index in [-0.39, 0.29) is 24.0 Å². The highest BCUT2D eigenvalue weighted by Crippen LogP contribution is 2.27. The van der Waals surface area contributed by atoms with Gasteiger partial charge in [0.1, 0.15) is 11.3 Å². The van der Waals surface area contributed by atoms with Gasteiger partial charge >= 0.3 is 5.97 Å². The largest absolute Gasteiger partial charge is 0.496 e. The van der Waals surface area contributed by atoms with E-state index in [4.69, 9.17) is 18.9 Å². The molecule has 2 N–H and O–H groups in total. The SMILES string of the molecule is CN=C(NCc1ccc(OC)c(OC)c1)NCc1ccc(OC)c(C(=O)OC)c1.I. The van der Waals surface area contributed by atoms with Crippen LogP contribution in [-0.2, 0) is 17.8 Å². The first-order valence-electron chi connectivity index (χ1n) is 8.96. The van der Waals surface area contributed by atoms with E-state index >= 15 is 0 Å². The Labute approximate surface area is 194 Å². The molecule has 0 radical (unpaired) electrons. The highest BCUT2D eigenvalue weighted by atomic mass is 127. The number of carbonyl (C=O) groups excluding carboxylic acids is 1. The number of halogens is 1. The zero-order valence-corrected chi connectivity index (χ0v) is 20.1. The summed E-state index contributed by atoms with van der Waals surface area (Å²) < 4.78 is 20.6. The molecule has 2 aromatic carbocycles. The van der Waals surface area contributed by atoms with E-state index in [0.29, 0.717) is 41.9 Å². The van der Waals surface area contributed by atoms with Gasteiger partial charge < -0.3 is 29.6 Å². The van der Waals surface area contributed by atoms with Crippen LogP contribution >= 0.6 is 24.0 Å². The molecule has 164 valence electrons. The topological polar surface area (TPSA) is 90.4 Å². The van der Waals surface area contributed by atoms with E-state index in [1.807, 2.05) is 24.3 Å². The standard InChI is InChI=1S/C21H27N3O5.HI/c1-22-21(24-13-15-7-9-18(27-3)19(11-15)28-4)23-12-14-6-8-17(26-2)16(10-14)20(25)29-5;/h6-11H,12-13H2,1-5H3,(H2,22,23,24);1H. The predicted octanol–water partition coefficient (Wildman–Crippen LogP) is 2.98. The first-order valence-corrected chi connectivity index (χ1v) is 8.96.